The Morgan fingerprint density at radius 1 is 0.972 bits per heavy atom. The number of aryl methyl sites for hydroxylation is 1. The molecule has 1 saturated heterocycles. The first-order chi connectivity index (χ1) is 17.4. The van der Waals surface area contributed by atoms with Crippen LogP contribution in [0, 0.1) is 13.8 Å². The van der Waals surface area contributed by atoms with E-state index in [1.807, 2.05) is 66.9 Å². The molecule has 184 valence electrons. The lowest BCUT2D eigenvalue weighted by atomic mass is 9.96. The molecular formula is C28H27ClN4O2S. The second kappa shape index (κ2) is 9.84. The Morgan fingerprint density at radius 2 is 1.75 bits per heavy atom. The van der Waals surface area contributed by atoms with Gasteiger partial charge in [-0.05, 0) is 86.2 Å². The van der Waals surface area contributed by atoms with Crippen molar-refractivity contribution in [2.24, 2.45) is 0 Å². The number of pyridine rings is 1. The Hall–Kier alpha value is -3.55. The Morgan fingerprint density at radius 3 is 2.42 bits per heavy atom. The Kier molecular flexibility index (Phi) is 6.60. The van der Waals surface area contributed by atoms with E-state index in [4.69, 9.17) is 33.3 Å². The third-order valence-electron chi connectivity index (χ3n) is 6.62. The largest absolute Gasteiger partial charge is 0.497 e. The van der Waals surface area contributed by atoms with Crippen LogP contribution in [0.5, 0.6) is 11.5 Å². The number of ether oxygens (including phenoxy) is 2. The molecule has 5 rings (SSSR count). The lowest BCUT2D eigenvalue weighted by Gasteiger charge is -2.29. The number of nitrogens with zero attached hydrogens (tertiary/aromatic N) is 3. The van der Waals surface area contributed by atoms with Gasteiger partial charge < -0.3 is 24.3 Å². The van der Waals surface area contributed by atoms with E-state index in [-0.39, 0.29) is 12.1 Å². The van der Waals surface area contributed by atoms with E-state index in [0.717, 1.165) is 39.8 Å². The van der Waals surface area contributed by atoms with Crippen LogP contribution in [-0.4, -0.2) is 28.9 Å². The first kappa shape index (κ1) is 24.2. The molecule has 0 saturated carbocycles. The summed E-state index contributed by atoms with van der Waals surface area (Å²) in [6.07, 6.45) is 1.81. The molecular weight excluding hydrogens is 492 g/mol. The lowest BCUT2D eigenvalue weighted by molar-refractivity contribution is 0.403. The van der Waals surface area contributed by atoms with Crippen LogP contribution >= 0.6 is 23.8 Å². The monoisotopic (exact) mass is 518 g/mol. The number of halogens is 1. The maximum atomic E-state index is 6.16. The maximum absolute atomic E-state index is 6.16. The van der Waals surface area contributed by atoms with Gasteiger partial charge in [0.1, 0.15) is 11.5 Å². The van der Waals surface area contributed by atoms with Crippen LogP contribution in [0.25, 0.3) is 5.69 Å². The number of rotatable bonds is 6. The van der Waals surface area contributed by atoms with Gasteiger partial charge in [-0.1, -0.05) is 17.7 Å². The highest BCUT2D eigenvalue weighted by atomic mass is 35.5. The SMILES string of the molecule is COc1ccc(OC)c(N2C(=S)N[C@@H](c3ccccn3)[C@@H]2c2cc(C)n(-c3ccc(Cl)cc3)c2C)c1. The highest BCUT2D eigenvalue weighted by Gasteiger charge is 2.43. The van der Waals surface area contributed by atoms with Gasteiger partial charge in [-0.3, -0.25) is 4.98 Å². The van der Waals surface area contributed by atoms with E-state index in [1.165, 1.54) is 0 Å². The van der Waals surface area contributed by atoms with Crippen molar-refractivity contribution >= 4 is 34.6 Å². The summed E-state index contributed by atoms with van der Waals surface area (Å²) >= 11 is 12.1. The third-order valence-corrected chi connectivity index (χ3v) is 7.18. The van der Waals surface area contributed by atoms with Crippen molar-refractivity contribution in [3.05, 3.63) is 101 Å². The molecule has 36 heavy (non-hydrogen) atoms. The minimum absolute atomic E-state index is 0.172. The highest BCUT2D eigenvalue weighted by molar-refractivity contribution is 7.80. The van der Waals surface area contributed by atoms with Gasteiger partial charge in [-0.25, -0.2) is 0 Å². The zero-order valence-electron chi connectivity index (χ0n) is 20.5. The van der Waals surface area contributed by atoms with Crippen LogP contribution in [0.3, 0.4) is 0 Å². The van der Waals surface area contributed by atoms with Gasteiger partial charge >= 0.3 is 0 Å². The fraction of sp³-hybridized carbons (Fsp3) is 0.214. The summed E-state index contributed by atoms with van der Waals surface area (Å²) in [7, 11) is 3.32. The number of benzene rings is 2. The molecule has 0 spiro atoms. The summed E-state index contributed by atoms with van der Waals surface area (Å²) in [6, 6.07) is 21.4. The van der Waals surface area contributed by atoms with Crippen LogP contribution in [0.15, 0.2) is 72.9 Å². The van der Waals surface area contributed by atoms with E-state index in [2.05, 4.69) is 39.7 Å². The summed E-state index contributed by atoms with van der Waals surface area (Å²) in [5.74, 6) is 1.43. The molecule has 8 heteroatoms. The van der Waals surface area contributed by atoms with Crippen LogP contribution in [0.4, 0.5) is 5.69 Å². The summed E-state index contributed by atoms with van der Waals surface area (Å²) in [5, 5.41) is 4.83. The van der Waals surface area contributed by atoms with E-state index in [0.29, 0.717) is 15.9 Å². The number of aromatic nitrogens is 2. The fourth-order valence-corrected chi connectivity index (χ4v) is 5.45. The molecule has 2 aromatic carbocycles. The number of hydrogen-bond acceptors (Lipinski definition) is 4. The zero-order chi connectivity index (χ0) is 25.4. The molecule has 0 unspecified atom stereocenters. The topological polar surface area (TPSA) is 51.6 Å². The molecule has 6 nitrogen and oxygen atoms in total. The lowest BCUT2D eigenvalue weighted by Crippen LogP contribution is -2.30. The van der Waals surface area contributed by atoms with E-state index >= 15 is 0 Å². The van der Waals surface area contributed by atoms with Gasteiger partial charge in [0.25, 0.3) is 0 Å². The molecule has 4 aromatic rings. The molecule has 2 atom stereocenters. The van der Waals surface area contributed by atoms with Crippen LogP contribution in [-0.2, 0) is 0 Å². The number of anilines is 1. The molecule has 0 aliphatic carbocycles. The minimum atomic E-state index is -0.180. The second-order valence-corrected chi connectivity index (χ2v) is 9.50. The molecule has 0 amide bonds. The van der Waals surface area contributed by atoms with Crippen molar-refractivity contribution in [2.45, 2.75) is 25.9 Å². The average molecular weight is 519 g/mol. The van der Waals surface area contributed by atoms with Crippen molar-refractivity contribution in [2.75, 3.05) is 19.1 Å². The molecule has 1 N–H and O–H groups in total. The maximum Gasteiger partial charge on any atom is 0.174 e. The normalized spacial score (nSPS) is 17.2. The Bertz CT molecular complexity index is 1410. The van der Waals surface area contributed by atoms with Crippen LogP contribution in [0.2, 0.25) is 5.02 Å². The standard InChI is InChI=1S/C28H27ClN4O2S/c1-17-15-22(18(2)32(17)20-10-8-19(29)9-11-20)27-26(23-7-5-6-14-30-23)31-28(36)33(27)24-16-21(34-3)12-13-25(24)35-4/h5-16,26-27H,1-4H3,(H,31,36)/t26-,27-/m0/s1. The number of hydrogen-bond donors (Lipinski definition) is 1. The zero-order valence-corrected chi connectivity index (χ0v) is 22.1. The molecule has 1 aliphatic rings. The predicted molar refractivity (Wildman–Crippen MR) is 148 cm³/mol. The van der Waals surface area contributed by atoms with Gasteiger partial charge in [0.15, 0.2) is 5.11 Å². The van der Waals surface area contributed by atoms with Gasteiger partial charge in [-0.15, -0.1) is 0 Å². The molecule has 0 radical (unpaired) electrons. The molecule has 1 fully saturated rings. The summed E-state index contributed by atoms with van der Waals surface area (Å²) < 4.78 is 13.5. The first-order valence-electron chi connectivity index (χ1n) is 11.6. The van der Waals surface area contributed by atoms with E-state index in [1.54, 1.807) is 14.2 Å². The van der Waals surface area contributed by atoms with Gasteiger partial charge in [0.2, 0.25) is 0 Å². The van der Waals surface area contributed by atoms with Crippen molar-refractivity contribution in [1.82, 2.24) is 14.9 Å². The van der Waals surface area contributed by atoms with Crippen molar-refractivity contribution < 1.29 is 9.47 Å². The quantitative estimate of drug-likeness (QED) is 0.301. The number of thiocarbonyl (C=S) groups is 1. The van der Waals surface area contributed by atoms with E-state index in [9.17, 15) is 0 Å². The number of nitrogens with one attached hydrogen (secondary N) is 1. The smallest absolute Gasteiger partial charge is 0.174 e. The van der Waals surface area contributed by atoms with Gasteiger partial charge in [0, 0.05) is 34.4 Å². The highest BCUT2D eigenvalue weighted by Crippen LogP contribution is 2.47. The second-order valence-electron chi connectivity index (χ2n) is 8.67. The Balaban J connectivity index is 1.71. The summed E-state index contributed by atoms with van der Waals surface area (Å²) in [4.78, 5) is 6.79. The molecule has 2 aromatic heterocycles. The molecule has 3 heterocycles. The van der Waals surface area contributed by atoms with Crippen molar-refractivity contribution in [1.29, 1.82) is 0 Å². The average Bonchev–Trinajstić information content (AvgIpc) is 3.39. The van der Waals surface area contributed by atoms with Crippen molar-refractivity contribution in [3.63, 3.8) is 0 Å². The van der Waals surface area contributed by atoms with Gasteiger partial charge in [0.05, 0.1) is 37.7 Å². The summed E-state index contributed by atoms with van der Waals surface area (Å²) in [5.41, 5.74) is 6.14. The first-order valence-corrected chi connectivity index (χ1v) is 12.4. The third kappa shape index (κ3) is 4.18. The van der Waals surface area contributed by atoms with Gasteiger partial charge in [-0.2, -0.15) is 0 Å². The predicted octanol–water partition coefficient (Wildman–Crippen LogP) is 6.34. The molecule has 1 aliphatic heterocycles. The minimum Gasteiger partial charge on any atom is -0.497 e. The summed E-state index contributed by atoms with van der Waals surface area (Å²) in [6.45, 7) is 4.24. The fourth-order valence-electron chi connectivity index (χ4n) is 4.99. The van der Waals surface area contributed by atoms with Crippen LogP contribution < -0.4 is 19.7 Å². The van der Waals surface area contributed by atoms with E-state index < -0.39 is 0 Å². The molecule has 0 bridgehead atoms. The van der Waals surface area contributed by atoms with Crippen molar-refractivity contribution in [3.8, 4) is 17.2 Å². The number of methoxy groups -OCH3 is 2. The Labute approximate surface area is 221 Å². The van der Waals surface area contributed by atoms with Crippen LogP contribution in [0.1, 0.15) is 34.7 Å².